The van der Waals surface area contributed by atoms with Crippen LogP contribution in [0.1, 0.15) is 49.0 Å². The average Bonchev–Trinajstić information content (AvgIpc) is 2.86. The average molecular weight is 482 g/mol. The number of hydrogen-bond donors (Lipinski definition) is 4. The molecule has 0 spiro atoms. The lowest BCUT2D eigenvalue weighted by Crippen LogP contribution is -2.34. The third-order valence-corrected chi connectivity index (χ3v) is 5.90. The van der Waals surface area contributed by atoms with Crippen molar-refractivity contribution in [1.82, 2.24) is 5.32 Å². The summed E-state index contributed by atoms with van der Waals surface area (Å²) in [4.78, 5) is 25.3. The molecule has 188 valence electrons. The Morgan fingerprint density at radius 1 is 1.11 bits per heavy atom. The topological polar surface area (TPSA) is 123 Å². The number of rotatable bonds is 11. The summed E-state index contributed by atoms with van der Waals surface area (Å²) >= 11 is 0. The van der Waals surface area contributed by atoms with E-state index >= 15 is 0 Å². The molecule has 2 aromatic rings. The summed E-state index contributed by atoms with van der Waals surface area (Å²) in [6.45, 7) is 5.11. The lowest BCUT2D eigenvalue weighted by Gasteiger charge is -2.30. The van der Waals surface area contributed by atoms with Crippen molar-refractivity contribution in [3.05, 3.63) is 71.5 Å². The van der Waals surface area contributed by atoms with Crippen molar-refractivity contribution in [3.63, 3.8) is 0 Å². The highest BCUT2D eigenvalue weighted by Crippen LogP contribution is 2.29. The molecule has 0 aliphatic carbocycles. The Labute approximate surface area is 206 Å². The van der Waals surface area contributed by atoms with Crippen LogP contribution in [-0.2, 0) is 20.8 Å². The number of ether oxygens (including phenoxy) is 2. The van der Waals surface area contributed by atoms with E-state index < -0.39 is 6.29 Å². The molecule has 0 fully saturated rings. The standard InChI is InChI=1S/C27H35N3O5/c1-18(2)21-15-24(35-25(16-21)34-14-6-5-13-31)27(33)29-17-19-9-11-20(12-10-19)26(32)30-23-8-4-3-7-22(23)28/h3-4,7-12,15,18,21,25,31H,5-6,13-14,16-17,28H2,1-2H3,(H,29,33)(H,30,32)/t21-,25+/m0/s1. The van der Waals surface area contributed by atoms with E-state index in [1.165, 1.54) is 0 Å². The fourth-order valence-corrected chi connectivity index (χ4v) is 3.69. The minimum atomic E-state index is -0.483. The molecule has 1 aliphatic heterocycles. The van der Waals surface area contributed by atoms with Gasteiger partial charge >= 0.3 is 0 Å². The molecule has 0 saturated carbocycles. The fourth-order valence-electron chi connectivity index (χ4n) is 3.69. The Morgan fingerprint density at radius 2 is 1.86 bits per heavy atom. The van der Waals surface area contributed by atoms with Crippen LogP contribution in [0, 0.1) is 11.8 Å². The predicted octanol–water partition coefficient (Wildman–Crippen LogP) is 3.83. The van der Waals surface area contributed by atoms with Gasteiger partial charge in [-0.3, -0.25) is 9.59 Å². The number of hydrogen-bond acceptors (Lipinski definition) is 6. The highest BCUT2D eigenvalue weighted by Gasteiger charge is 2.29. The van der Waals surface area contributed by atoms with Gasteiger partial charge in [-0.2, -0.15) is 0 Å². The number of unbranched alkanes of at least 4 members (excludes halogenated alkanes) is 1. The molecule has 1 aliphatic rings. The van der Waals surface area contributed by atoms with E-state index in [1.54, 1.807) is 48.5 Å². The van der Waals surface area contributed by atoms with Crippen LogP contribution in [0.15, 0.2) is 60.4 Å². The van der Waals surface area contributed by atoms with E-state index in [1.807, 2.05) is 6.08 Å². The van der Waals surface area contributed by atoms with Crippen LogP contribution in [0.5, 0.6) is 0 Å². The SMILES string of the molecule is CC(C)[C@H]1C=C(C(=O)NCc2ccc(C(=O)Nc3ccccc3N)cc2)O[C@@H](OCCCCO)C1. The summed E-state index contributed by atoms with van der Waals surface area (Å²) in [6, 6.07) is 14.1. The van der Waals surface area contributed by atoms with Crippen molar-refractivity contribution in [2.45, 2.75) is 45.9 Å². The molecule has 0 aromatic heterocycles. The first-order valence-corrected chi connectivity index (χ1v) is 12.0. The van der Waals surface area contributed by atoms with Crippen molar-refractivity contribution in [2.24, 2.45) is 11.8 Å². The second-order valence-corrected chi connectivity index (χ2v) is 8.94. The van der Waals surface area contributed by atoms with E-state index in [4.69, 9.17) is 20.3 Å². The summed E-state index contributed by atoms with van der Waals surface area (Å²) in [5, 5.41) is 14.6. The third-order valence-electron chi connectivity index (χ3n) is 5.90. The normalized spacial score (nSPS) is 17.4. The number of carbonyl (C=O) groups excluding carboxylic acids is 2. The van der Waals surface area contributed by atoms with E-state index in [-0.39, 0.29) is 30.1 Å². The minimum absolute atomic E-state index is 0.129. The predicted molar refractivity (Wildman–Crippen MR) is 135 cm³/mol. The zero-order chi connectivity index (χ0) is 25.2. The summed E-state index contributed by atoms with van der Waals surface area (Å²) < 4.78 is 11.6. The van der Waals surface area contributed by atoms with E-state index in [0.29, 0.717) is 48.8 Å². The molecular weight excluding hydrogens is 446 g/mol. The maximum atomic E-state index is 12.8. The Balaban J connectivity index is 1.54. The van der Waals surface area contributed by atoms with E-state index in [0.717, 1.165) is 12.0 Å². The van der Waals surface area contributed by atoms with Gasteiger partial charge in [-0.05, 0) is 60.6 Å². The Morgan fingerprint density at radius 3 is 2.54 bits per heavy atom. The first kappa shape index (κ1) is 26.2. The number of allylic oxidation sites excluding steroid dienone is 1. The molecule has 2 atom stereocenters. The number of carbonyl (C=O) groups is 2. The summed E-state index contributed by atoms with van der Waals surface area (Å²) in [7, 11) is 0. The zero-order valence-electron chi connectivity index (χ0n) is 20.3. The van der Waals surface area contributed by atoms with Gasteiger partial charge in [0.1, 0.15) is 0 Å². The monoisotopic (exact) mass is 481 g/mol. The van der Waals surface area contributed by atoms with Gasteiger partial charge in [-0.15, -0.1) is 0 Å². The van der Waals surface area contributed by atoms with Crippen molar-refractivity contribution in [2.75, 3.05) is 24.3 Å². The Kier molecular flexibility index (Phi) is 9.69. The number of nitrogens with one attached hydrogen (secondary N) is 2. The number of aliphatic hydroxyl groups is 1. The highest BCUT2D eigenvalue weighted by atomic mass is 16.7. The fraction of sp³-hybridized carbons (Fsp3) is 0.407. The summed E-state index contributed by atoms with van der Waals surface area (Å²) in [5.74, 6) is 0.210. The molecule has 0 unspecified atom stereocenters. The molecule has 35 heavy (non-hydrogen) atoms. The molecule has 0 radical (unpaired) electrons. The number of para-hydroxylation sites is 2. The van der Waals surface area contributed by atoms with E-state index in [2.05, 4.69) is 24.5 Å². The quantitative estimate of drug-likeness (QED) is 0.286. The smallest absolute Gasteiger partial charge is 0.286 e. The number of nitrogens with two attached hydrogens (primary N) is 1. The number of aliphatic hydroxyl groups excluding tert-OH is 1. The number of nitrogen functional groups attached to an aromatic ring is 1. The van der Waals surface area contributed by atoms with Crippen molar-refractivity contribution >= 4 is 23.2 Å². The van der Waals surface area contributed by atoms with Crippen LogP contribution >= 0.6 is 0 Å². The molecule has 1 heterocycles. The number of benzene rings is 2. The van der Waals surface area contributed by atoms with Gasteiger partial charge in [0, 0.05) is 25.1 Å². The maximum absolute atomic E-state index is 12.8. The van der Waals surface area contributed by atoms with Crippen LogP contribution in [0.4, 0.5) is 11.4 Å². The molecular formula is C27H35N3O5. The maximum Gasteiger partial charge on any atom is 0.286 e. The van der Waals surface area contributed by atoms with Gasteiger partial charge in [0.25, 0.3) is 11.8 Å². The molecule has 8 nitrogen and oxygen atoms in total. The Bertz CT molecular complexity index is 1020. The van der Waals surface area contributed by atoms with Crippen LogP contribution in [0.3, 0.4) is 0 Å². The number of amides is 2. The van der Waals surface area contributed by atoms with Gasteiger partial charge < -0.3 is 30.9 Å². The van der Waals surface area contributed by atoms with Crippen LogP contribution in [0.2, 0.25) is 0 Å². The first-order chi connectivity index (χ1) is 16.9. The molecule has 5 N–H and O–H groups in total. The third kappa shape index (κ3) is 7.83. The first-order valence-electron chi connectivity index (χ1n) is 12.0. The van der Waals surface area contributed by atoms with Crippen molar-refractivity contribution in [1.29, 1.82) is 0 Å². The van der Waals surface area contributed by atoms with Crippen LogP contribution < -0.4 is 16.4 Å². The van der Waals surface area contributed by atoms with Crippen LogP contribution in [0.25, 0.3) is 0 Å². The molecule has 3 rings (SSSR count). The van der Waals surface area contributed by atoms with Gasteiger partial charge in [-0.1, -0.05) is 38.1 Å². The second kappa shape index (κ2) is 12.9. The highest BCUT2D eigenvalue weighted by molar-refractivity contribution is 6.05. The largest absolute Gasteiger partial charge is 0.459 e. The van der Waals surface area contributed by atoms with Gasteiger partial charge in [0.2, 0.25) is 6.29 Å². The van der Waals surface area contributed by atoms with Crippen LogP contribution in [-0.4, -0.2) is 36.4 Å². The summed E-state index contributed by atoms with van der Waals surface area (Å²) in [5.41, 5.74) is 8.28. The molecule has 0 bridgehead atoms. The minimum Gasteiger partial charge on any atom is -0.459 e. The summed E-state index contributed by atoms with van der Waals surface area (Å²) in [6.07, 6.45) is 3.48. The molecule has 8 heteroatoms. The lowest BCUT2D eigenvalue weighted by molar-refractivity contribution is -0.150. The van der Waals surface area contributed by atoms with Gasteiger partial charge in [0.15, 0.2) is 5.76 Å². The van der Waals surface area contributed by atoms with Gasteiger partial charge in [-0.25, -0.2) is 0 Å². The molecule has 2 amide bonds. The molecule has 0 saturated heterocycles. The van der Waals surface area contributed by atoms with Crippen molar-refractivity contribution < 1.29 is 24.2 Å². The Hall–Kier alpha value is -3.36. The second-order valence-electron chi connectivity index (χ2n) is 8.94. The molecule has 2 aromatic carbocycles. The van der Waals surface area contributed by atoms with Crippen molar-refractivity contribution in [3.8, 4) is 0 Å². The number of anilines is 2. The van der Waals surface area contributed by atoms with E-state index in [9.17, 15) is 9.59 Å². The van der Waals surface area contributed by atoms with Gasteiger partial charge in [0.05, 0.1) is 18.0 Å². The zero-order valence-corrected chi connectivity index (χ0v) is 20.3. The lowest BCUT2D eigenvalue weighted by atomic mass is 9.90.